The van der Waals surface area contributed by atoms with Crippen LogP contribution in [0.4, 0.5) is 11.6 Å². The highest BCUT2D eigenvalue weighted by Crippen LogP contribution is 2.22. The first kappa shape index (κ1) is 22.0. The molecule has 2 aromatic carbocycles. The van der Waals surface area contributed by atoms with Gasteiger partial charge >= 0.3 is 0 Å². The highest BCUT2D eigenvalue weighted by molar-refractivity contribution is 5.94. The molecule has 3 rings (SSSR count). The number of carbonyl (C=O) groups is 2. The average Bonchev–Trinajstić information content (AvgIpc) is 3.22. The normalized spacial score (nSPS) is 10.7. The lowest BCUT2D eigenvalue weighted by molar-refractivity contribution is -0.120. The van der Waals surface area contributed by atoms with Crippen molar-refractivity contribution in [1.29, 1.82) is 0 Å². The third-order valence-electron chi connectivity index (χ3n) is 4.68. The van der Waals surface area contributed by atoms with Crippen LogP contribution < -0.4 is 15.4 Å². The summed E-state index contributed by atoms with van der Waals surface area (Å²) in [5, 5.41) is 9.50. The van der Waals surface area contributed by atoms with Crippen molar-refractivity contribution >= 4 is 23.4 Å². The van der Waals surface area contributed by atoms with Crippen LogP contribution in [0.15, 0.2) is 59.1 Å². The Morgan fingerprint density at radius 1 is 1.00 bits per heavy atom. The molecule has 0 fully saturated rings. The van der Waals surface area contributed by atoms with Gasteiger partial charge in [0.2, 0.25) is 17.7 Å². The molecule has 2 N–H and O–H groups in total. The molecule has 0 aliphatic rings. The zero-order chi connectivity index (χ0) is 22.2. The first-order valence-electron chi connectivity index (χ1n) is 9.96. The molecule has 0 aliphatic carbocycles. The maximum atomic E-state index is 12.4. The first-order valence-corrected chi connectivity index (χ1v) is 9.96. The number of likely N-dealkylation sites (N-methyl/N-ethyl adjacent to an activating group) is 1. The molecule has 8 nitrogen and oxygen atoms in total. The Kier molecular flexibility index (Phi) is 7.40. The van der Waals surface area contributed by atoms with E-state index >= 15 is 0 Å². The molecule has 162 valence electrons. The van der Waals surface area contributed by atoms with Crippen LogP contribution in [0.2, 0.25) is 0 Å². The van der Waals surface area contributed by atoms with Gasteiger partial charge in [-0.3, -0.25) is 19.8 Å². The number of methoxy groups -OCH3 is 1. The maximum absolute atomic E-state index is 12.4. The van der Waals surface area contributed by atoms with E-state index in [1.807, 2.05) is 38.1 Å². The van der Waals surface area contributed by atoms with Crippen LogP contribution >= 0.6 is 0 Å². The molecule has 0 saturated carbocycles. The average molecular weight is 422 g/mol. The van der Waals surface area contributed by atoms with Gasteiger partial charge in [-0.05, 0) is 37.7 Å². The van der Waals surface area contributed by atoms with Gasteiger partial charge in [-0.15, -0.1) is 0 Å². The van der Waals surface area contributed by atoms with E-state index in [0.717, 1.165) is 11.1 Å². The van der Waals surface area contributed by atoms with Crippen molar-refractivity contribution in [3.8, 4) is 17.0 Å². The van der Waals surface area contributed by atoms with Gasteiger partial charge in [0.15, 0.2) is 0 Å². The minimum atomic E-state index is -0.286. The maximum Gasteiger partial charge on any atom is 0.240 e. The number of anilines is 2. The third-order valence-corrected chi connectivity index (χ3v) is 4.68. The molecule has 0 radical (unpaired) electrons. The van der Waals surface area contributed by atoms with Crippen molar-refractivity contribution in [2.24, 2.45) is 0 Å². The first-order chi connectivity index (χ1) is 15.0. The van der Waals surface area contributed by atoms with Gasteiger partial charge in [-0.25, -0.2) is 0 Å². The topological polar surface area (TPSA) is 96.7 Å². The van der Waals surface area contributed by atoms with E-state index in [1.165, 1.54) is 0 Å². The molecule has 31 heavy (non-hydrogen) atoms. The van der Waals surface area contributed by atoms with E-state index in [4.69, 9.17) is 9.26 Å². The summed E-state index contributed by atoms with van der Waals surface area (Å²) in [6.07, 6.45) is 0. The Labute approximate surface area is 181 Å². The second-order valence-electron chi connectivity index (χ2n) is 7.07. The second-order valence-corrected chi connectivity index (χ2v) is 7.07. The summed E-state index contributed by atoms with van der Waals surface area (Å²) in [5.74, 6) is 0.481. The van der Waals surface area contributed by atoms with E-state index in [0.29, 0.717) is 23.7 Å². The zero-order valence-electron chi connectivity index (χ0n) is 17.8. The van der Waals surface area contributed by atoms with Gasteiger partial charge in [0, 0.05) is 17.3 Å². The lowest BCUT2D eigenvalue weighted by atomic mass is 10.1. The summed E-state index contributed by atoms with van der Waals surface area (Å²) in [6, 6.07) is 16.6. The predicted octanol–water partition coefficient (Wildman–Crippen LogP) is 3.56. The number of benzene rings is 2. The lowest BCUT2D eigenvalue weighted by Crippen LogP contribution is -2.38. The molecule has 8 heteroatoms. The number of rotatable bonds is 9. The monoisotopic (exact) mass is 422 g/mol. The van der Waals surface area contributed by atoms with Crippen molar-refractivity contribution in [1.82, 2.24) is 10.1 Å². The van der Waals surface area contributed by atoms with Crippen LogP contribution in [-0.2, 0) is 9.59 Å². The molecule has 1 aromatic heterocycles. The number of ether oxygens (including phenoxy) is 1. The third kappa shape index (κ3) is 6.42. The minimum absolute atomic E-state index is 0.0487. The Morgan fingerprint density at radius 3 is 2.26 bits per heavy atom. The number of aromatic nitrogens is 1. The largest absolute Gasteiger partial charge is 0.497 e. The van der Waals surface area contributed by atoms with Gasteiger partial charge < -0.3 is 14.6 Å². The second kappa shape index (κ2) is 10.4. The molecule has 1 heterocycles. The van der Waals surface area contributed by atoms with Crippen LogP contribution in [0, 0.1) is 6.92 Å². The summed E-state index contributed by atoms with van der Waals surface area (Å²) in [4.78, 5) is 26.4. The minimum Gasteiger partial charge on any atom is -0.497 e. The van der Waals surface area contributed by atoms with E-state index in [-0.39, 0.29) is 30.8 Å². The molecule has 0 saturated heterocycles. The highest BCUT2D eigenvalue weighted by atomic mass is 16.5. The molecular formula is C23H26N4O4. The van der Waals surface area contributed by atoms with Crippen LogP contribution in [-0.4, -0.2) is 48.6 Å². The highest BCUT2D eigenvalue weighted by Gasteiger charge is 2.15. The van der Waals surface area contributed by atoms with E-state index in [9.17, 15) is 9.59 Å². The van der Waals surface area contributed by atoms with Gasteiger partial charge in [0.25, 0.3) is 0 Å². The zero-order valence-corrected chi connectivity index (χ0v) is 17.8. The van der Waals surface area contributed by atoms with Crippen LogP contribution in [0.25, 0.3) is 11.3 Å². The number of hydrogen-bond acceptors (Lipinski definition) is 6. The fourth-order valence-corrected chi connectivity index (χ4v) is 2.93. The predicted molar refractivity (Wildman–Crippen MR) is 119 cm³/mol. The number of aryl methyl sites for hydroxylation is 1. The standard InChI is InChI=1S/C23H26N4O4/c1-4-27(14-21(28)24-18-9-11-19(30-3)12-10-18)15-22(29)25-23-13-20(26-31-23)17-7-5-16(2)6-8-17/h5-13H,4,14-15H2,1-3H3,(H,24,28)(H,25,29). The Hall–Kier alpha value is -3.65. The molecule has 2 amide bonds. The van der Waals surface area contributed by atoms with Crippen molar-refractivity contribution in [3.63, 3.8) is 0 Å². The summed E-state index contributed by atoms with van der Waals surface area (Å²) in [6.45, 7) is 4.56. The van der Waals surface area contributed by atoms with E-state index in [2.05, 4.69) is 15.8 Å². The van der Waals surface area contributed by atoms with Crippen molar-refractivity contribution in [3.05, 3.63) is 60.2 Å². The Bertz CT molecular complexity index is 1010. The quantitative estimate of drug-likeness (QED) is 0.547. The van der Waals surface area contributed by atoms with Gasteiger partial charge in [-0.1, -0.05) is 41.9 Å². The van der Waals surface area contributed by atoms with Crippen LogP contribution in [0.5, 0.6) is 5.75 Å². The lowest BCUT2D eigenvalue weighted by Gasteiger charge is -2.18. The number of hydrogen-bond donors (Lipinski definition) is 2. The molecule has 0 bridgehead atoms. The Balaban J connectivity index is 1.51. The summed E-state index contributed by atoms with van der Waals surface area (Å²) in [5.41, 5.74) is 3.36. The van der Waals surface area contributed by atoms with E-state index < -0.39 is 0 Å². The van der Waals surface area contributed by atoms with Crippen molar-refractivity contribution < 1.29 is 18.8 Å². The van der Waals surface area contributed by atoms with Gasteiger partial charge in [0.05, 0.1) is 20.2 Å². The Morgan fingerprint density at radius 2 is 1.65 bits per heavy atom. The molecular weight excluding hydrogens is 396 g/mol. The molecule has 0 atom stereocenters. The van der Waals surface area contributed by atoms with Crippen molar-refractivity contribution in [2.75, 3.05) is 37.4 Å². The molecule has 0 unspecified atom stereocenters. The molecule has 3 aromatic rings. The number of carbonyl (C=O) groups excluding carboxylic acids is 2. The van der Waals surface area contributed by atoms with Gasteiger partial charge in [0.1, 0.15) is 11.4 Å². The number of nitrogens with zero attached hydrogens (tertiary/aromatic N) is 2. The summed E-state index contributed by atoms with van der Waals surface area (Å²) in [7, 11) is 1.58. The summed E-state index contributed by atoms with van der Waals surface area (Å²) < 4.78 is 10.3. The number of nitrogens with one attached hydrogen (secondary N) is 2. The van der Waals surface area contributed by atoms with Crippen LogP contribution in [0.1, 0.15) is 12.5 Å². The van der Waals surface area contributed by atoms with Crippen molar-refractivity contribution in [2.45, 2.75) is 13.8 Å². The smallest absolute Gasteiger partial charge is 0.240 e. The summed E-state index contributed by atoms with van der Waals surface area (Å²) >= 11 is 0. The molecule has 0 aliphatic heterocycles. The fraction of sp³-hybridized carbons (Fsp3) is 0.261. The van der Waals surface area contributed by atoms with Crippen LogP contribution in [0.3, 0.4) is 0 Å². The fourth-order valence-electron chi connectivity index (χ4n) is 2.93. The number of amides is 2. The van der Waals surface area contributed by atoms with E-state index in [1.54, 1.807) is 42.3 Å². The molecule has 0 spiro atoms. The van der Waals surface area contributed by atoms with Gasteiger partial charge in [-0.2, -0.15) is 0 Å². The SMILES string of the molecule is CCN(CC(=O)Nc1ccc(OC)cc1)CC(=O)Nc1cc(-c2ccc(C)cc2)no1.